The number of nitrogens with zero attached hydrogens (tertiary/aromatic N) is 2. The van der Waals surface area contributed by atoms with Crippen molar-refractivity contribution in [3.63, 3.8) is 0 Å². The van der Waals surface area contributed by atoms with E-state index in [0.717, 1.165) is 11.1 Å². The predicted octanol–water partition coefficient (Wildman–Crippen LogP) is 4.30. The highest BCUT2D eigenvalue weighted by Gasteiger charge is 2.28. The minimum atomic E-state index is -0.520. The fourth-order valence-corrected chi connectivity index (χ4v) is 3.72. The minimum absolute atomic E-state index is 0.106. The highest BCUT2D eigenvalue weighted by molar-refractivity contribution is 6.20. The van der Waals surface area contributed by atoms with E-state index < -0.39 is 5.91 Å². The summed E-state index contributed by atoms with van der Waals surface area (Å²) in [6.45, 7) is 3.71. The van der Waals surface area contributed by atoms with Crippen molar-refractivity contribution in [2.75, 3.05) is 0 Å². The van der Waals surface area contributed by atoms with Crippen LogP contribution in [0.1, 0.15) is 45.6 Å². The number of fused-ring (bicyclic) bond motifs is 1. The number of rotatable bonds is 4. The van der Waals surface area contributed by atoms with E-state index >= 15 is 0 Å². The number of nitriles is 1. The van der Waals surface area contributed by atoms with Gasteiger partial charge in [0.15, 0.2) is 0 Å². The van der Waals surface area contributed by atoms with Gasteiger partial charge in [-0.1, -0.05) is 72.8 Å². The van der Waals surface area contributed by atoms with E-state index in [-0.39, 0.29) is 23.2 Å². The molecule has 0 spiro atoms. The lowest BCUT2D eigenvalue weighted by Gasteiger charge is -2.14. The van der Waals surface area contributed by atoms with Crippen molar-refractivity contribution in [1.82, 2.24) is 10.6 Å². The number of carbonyl (C=O) groups excluding carboxylic acids is 2. The molecule has 0 saturated heterocycles. The summed E-state index contributed by atoms with van der Waals surface area (Å²) in [6.07, 6.45) is 0. The first-order chi connectivity index (χ1) is 16.0. The van der Waals surface area contributed by atoms with Crippen LogP contribution in [0.5, 0.6) is 0 Å². The molecule has 1 aliphatic heterocycles. The van der Waals surface area contributed by atoms with Gasteiger partial charge in [-0.05, 0) is 31.0 Å². The lowest BCUT2D eigenvalue weighted by molar-refractivity contribution is -0.117. The number of aryl methyl sites for hydroxylation is 1. The molecule has 3 aromatic rings. The minimum Gasteiger partial charge on any atom is -0.345 e. The Morgan fingerprint density at radius 1 is 0.909 bits per heavy atom. The average molecular weight is 434 g/mol. The molecule has 4 rings (SSSR count). The molecule has 1 atom stereocenters. The molecule has 3 aromatic carbocycles. The molecule has 1 aliphatic rings. The number of benzene rings is 3. The van der Waals surface area contributed by atoms with Gasteiger partial charge in [0, 0.05) is 16.7 Å². The average Bonchev–Trinajstić information content (AvgIpc) is 3.18. The molecule has 0 aliphatic carbocycles. The van der Waals surface area contributed by atoms with E-state index in [1.807, 2.05) is 68.4 Å². The molecule has 1 heterocycles. The summed E-state index contributed by atoms with van der Waals surface area (Å²) >= 11 is 0. The van der Waals surface area contributed by atoms with Crippen LogP contribution in [0.4, 0.5) is 0 Å². The van der Waals surface area contributed by atoms with Crippen LogP contribution >= 0.6 is 0 Å². The molecule has 0 radical (unpaired) electrons. The van der Waals surface area contributed by atoms with Crippen molar-refractivity contribution in [3.05, 3.63) is 112 Å². The highest BCUT2D eigenvalue weighted by atomic mass is 16.2. The number of hydrogen-bond donors (Lipinski definition) is 2. The second-order valence-electron chi connectivity index (χ2n) is 7.72. The molecule has 0 bridgehead atoms. The standard InChI is InChI=1S/C27H22N4O2/c1-17-10-6-7-13-20(17)26(32)31-25-22-15-9-8-14-21(22)24(30-25)23(16-28)27(33)29-18(2)19-11-4-3-5-12-19/h3-15,18H,1-2H3,(H,29,33)(H,30,31,32)/b24-23-/t18-/m1/s1. The van der Waals surface area contributed by atoms with E-state index in [4.69, 9.17) is 0 Å². The fourth-order valence-electron chi connectivity index (χ4n) is 3.72. The number of carbonyl (C=O) groups is 2. The number of hydrogen-bond acceptors (Lipinski definition) is 4. The van der Waals surface area contributed by atoms with Crippen molar-refractivity contribution < 1.29 is 9.59 Å². The molecule has 162 valence electrons. The van der Waals surface area contributed by atoms with Crippen molar-refractivity contribution in [1.29, 1.82) is 5.26 Å². The zero-order chi connectivity index (χ0) is 23.4. The van der Waals surface area contributed by atoms with Crippen LogP contribution in [-0.2, 0) is 4.79 Å². The number of amides is 2. The first-order valence-electron chi connectivity index (χ1n) is 10.5. The maximum atomic E-state index is 13.0. The highest BCUT2D eigenvalue weighted by Crippen LogP contribution is 2.31. The Labute approximate surface area is 192 Å². The third-order valence-corrected chi connectivity index (χ3v) is 5.51. The molecule has 33 heavy (non-hydrogen) atoms. The van der Waals surface area contributed by atoms with E-state index in [9.17, 15) is 14.9 Å². The Kier molecular flexibility index (Phi) is 6.14. The van der Waals surface area contributed by atoms with Gasteiger partial charge in [-0.25, -0.2) is 4.99 Å². The van der Waals surface area contributed by atoms with Gasteiger partial charge in [-0.3, -0.25) is 9.59 Å². The van der Waals surface area contributed by atoms with Crippen molar-refractivity contribution in [2.24, 2.45) is 4.99 Å². The molecular formula is C27H22N4O2. The molecule has 2 N–H and O–H groups in total. The van der Waals surface area contributed by atoms with E-state index in [1.165, 1.54) is 0 Å². The van der Waals surface area contributed by atoms with Gasteiger partial charge < -0.3 is 10.6 Å². The first kappa shape index (κ1) is 21.7. The van der Waals surface area contributed by atoms with Crippen LogP contribution in [0, 0.1) is 18.3 Å². The van der Waals surface area contributed by atoms with Gasteiger partial charge >= 0.3 is 0 Å². The van der Waals surface area contributed by atoms with Gasteiger partial charge in [0.05, 0.1) is 11.7 Å². The van der Waals surface area contributed by atoms with Crippen LogP contribution in [0.2, 0.25) is 0 Å². The molecule has 2 amide bonds. The number of amidine groups is 1. The lowest BCUT2D eigenvalue weighted by atomic mass is 10.0. The Morgan fingerprint density at radius 3 is 2.24 bits per heavy atom. The van der Waals surface area contributed by atoms with Crippen LogP contribution in [0.15, 0.2) is 89.4 Å². The predicted molar refractivity (Wildman–Crippen MR) is 127 cm³/mol. The SMILES string of the molecule is Cc1ccccc1C(=O)NC1=N/C(=C(/C#N)C(=O)N[C@H](C)c2ccccc2)c2ccccc21. The Bertz CT molecular complexity index is 1330. The van der Waals surface area contributed by atoms with E-state index in [0.29, 0.717) is 22.5 Å². The molecule has 6 heteroatoms. The van der Waals surface area contributed by atoms with Crippen LogP contribution in [0.25, 0.3) is 5.70 Å². The Morgan fingerprint density at radius 2 is 1.55 bits per heavy atom. The van der Waals surface area contributed by atoms with Crippen molar-refractivity contribution in [3.8, 4) is 6.07 Å². The molecule has 0 fully saturated rings. The second-order valence-corrected chi connectivity index (χ2v) is 7.72. The normalized spacial score (nSPS) is 14.4. The molecule has 0 unspecified atom stereocenters. The van der Waals surface area contributed by atoms with Crippen molar-refractivity contribution in [2.45, 2.75) is 19.9 Å². The van der Waals surface area contributed by atoms with Gasteiger partial charge in [0.1, 0.15) is 17.5 Å². The maximum absolute atomic E-state index is 13.0. The topological polar surface area (TPSA) is 94.3 Å². The summed E-state index contributed by atoms with van der Waals surface area (Å²) in [5, 5.41) is 15.5. The van der Waals surface area contributed by atoms with E-state index in [1.54, 1.807) is 30.3 Å². The summed E-state index contributed by atoms with van der Waals surface area (Å²) in [5.74, 6) is -0.511. The first-order valence-corrected chi connectivity index (χ1v) is 10.5. The summed E-state index contributed by atoms with van der Waals surface area (Å²) < 4.78 is 0. The summed E-state index contributed by atoms with van der Waals surface area (Å²) in [6, 6.07) is 25.7. The van der Waals surface area contributed by atoms with Crippen LogP contribution in [0.3, 0.4) is 0 Å². The summed E-state index contributed by atoms with van der Waals surface area (Å²) in [4.78, 5) is 30.4. The summed E-state index contributed by atoms with van der Waals surface area (Å²) in [7, 11) is 0. The third-order valence-electron chi connectivity index (χ3n) is 5.51. The molecule has 6 nitrogen and oxygen atoms in total. The lowest BCUT2D eigenvalue weighted by Crippen LogP contribution is -2.30. The molecule has 0 aromatic heterocycles. The fraction of sp³-hybridized carbons (Fsp3) is 0.111. The second kappa shape index (κ2) is 9.33. The van der Waals surface area contributed by atoms with Gasteiger partial charge in [-0.2, -0.15) is 5.26 Å². The maximum Gasteiger partial charge on any atom is 0.264 e. The third kappa shape index (κ3) is 4.43. The van der Waals surface area contributed by atoms with Gasteiger partial charge in [0.2, 0.25) is 0 Å². The monoisotopic (exact) mass is 434 g/mol. The zero-order valence-electron chi connectivity index (χ0n) is 18.3. The smallest absolute Gasteiger partial charge is 0.264 e. The van der Waals surface area contributed by atoms with Gasteiger partial charge in [0.25, 0.3) is 11.8 Å². The molecule has 0 saturated carbocycles. The van der Waals surface area contributed by atoms with Crippen LogP contribution in [-0.4, -0.2) is 17.6 Å². The Balaban J connectivity index is 1.67. The number of nitrogens with one attached hydrogen (secondary N) is 2. The van der Waals surface area contributed by atoms with Crippen molar-refractivity contribution >= 4 is 23.3 Å². The zero-order valence-corrected chi connectivity index (χ0v) is 18.3. The van der Waals surface area contributed by atoms with Gasteiger partial charge in [-0.15, -0.1) is 0 Å². The van der Waals surface area contributed by atoms with E-state index in [2.05, 4.69) is 15.6 Å². The Hall–Kier alpha value is -4.50. The van der Waals surface area contributed by atoms with Crippen LogP contribution < -0.4 is 10.6 Å². The largest absolute Gasteiger partial charge is 0.345 e. The molecular weight excluding hydrogens is 412 g/mol. The quantitative estimate of drug-likeness (QED) is 0.474. The summed E-state index contributed by atoms with van der Waals surface area (Å²) in [5.41, 5.74) is 3.71. The number of aliphatic imine (C=N–C) groups is 1.